The van der Waals surface area contributed by atoms with Crippen LogP contribution in [0.4, 0.5) is 0 Å². The van der Waals surface area contributed by atoms with Gasteiger partial charge in [-0.1, -0.05) is 29.8 Å². The van der Waals surface area contributed by atoms with Crippen LogP contribution in [-0.4, -0.2) is 45.0 Å². The predicted molar refractivity (Wildman–Crippen MR) is 82.5 cm³/mol. The number of nitrogens with one attached hydrogen (secondary N) is 2. The summed E-state index contributed by atoms with van der Waals surface area (Å²) in [4.78, 5) is 23.5. The summed E-state index contributed by atoms with van der Waals surface area (Å²) >= 11 is 0. The predicted octanol–water partition coefficient (Wildman–Crippen LogP) is 1.31. The molecular weight excluding hydrogens is 268 g/mol. The number of ether oxygens (including phenoxy) is 1. The van der Waals surface area contributed by atoms with Gasteiger partial charge in [0.1, 0.15) is 0 Å². The molecule has 1 aromatic rings. The minimum absolute atomic E-state index is 0.00312. The fourth-order valence-corrected chi connectivity index (χ4v) is 1.79. The minimum Gasteiger partial charge on any atom is -0.383 e. The highest BCUT2D eigenvalue weighted by molar-refractivity contribution is 5.97. The van der Waals surface area contributed by atoms with Crippen LogP contribution in [0.2, 0.25) is 0 Å². The van der Waals surface area contributed by atoms with E-state index in [4.69, 9.17) is 4.74 Å². The van der Waals surface area contributed by atoms with Crippen LogP contribution in [0.3, 0.4) is 0 Å². The van der Waals surface area contributed by atoms with Gasteiger partial charge < -0.3 is 15.4 Å². The van der Waals surface area contributed by atoms with E-state index in [-0.39, 0.29) is 24.5 Å². The molecule has 0 radical (unpaired) electrons. The molecule has 0 aliphatic carbocycles. The molecule has 2 N–H and O–H groups in total. The van der Waals surface area contributed by atoms with Gasteiger partial charge in [-0.25, -0.2) is 0 Å². The molecule has 0 atom stereocenters. The van der Waals surface area contributed by atoms with Crippen LogP contribution in [0.5, 0.6) is 0 Å². The standard InChI is InChI=1S/C16H24N2O3/c1-13-3-5-14(6-4-13)15(19)7-8-16(20)18-10-9-17-11-12-21-2/h3-6,17H,7-12H2,1-2H3,(H,18,20). The van der Waals surface area contributed by atoms with E-state index >= 15 is 0 Å². The van der Waals surface area contributed by atoms with Crippen molar-refractivity contribution in [1.82, 2.24) is 10.6 Å². The zero-order valence-electron chi connectivity index (χ0n) is 12.8. The van der Waals surface area contributed by atoms with Crippen LogP contribution in [-0.2, 0) is 9.53 Å². The molecule has 5 nitrogen and oxygen atoms in total. The zero-order valence-corrected chi connectivity index (χ0v) is 12.8. The number of hydrogen-bond acceptors (Lipinski definition) is 4. The van der Waals surface area contributed by atoms with Crippen LogP contribution < -0.4 is 10.6 Å². The van der Waals surface area contributed by atoms with E-state index in [1.807, 2.05) is 19.1 Å². The Bertz CT molecular complexity index is 443. The van der Waals surface area contributed by atoms with E-state index in [0.717, 1.165) is 12.1 Å². The number of benzene rings is 1. The van der Waals surface area contributed by atoms with Crippen LogP contribution in [0, 0.1) is 6.92 Å². The Labute approximate surface area is 126 Å². The van der Waals surface area contributed by atoms with Gasteiger partial charge in [-0.2, -0.15) is 0 Å². The van der Waals surface area contributed by atoms with Crippen molar-refractivity contribution in [1.29, 1.82) is 0 Å². The molecule has 116 valence electrons. The van der Waals surface area contributed by atoms with Gasteiger partial charge >= 0.3 is 0 Å². The zero-order chi connectivity index (χ0) is 15.5. The summed E-state index contributed by atoms with van der Waals surface area (Å²) in [5.41, 5.74) is 1.78. The molecule has 0 aliphatic heterocycles. The van der Waals surface area contributed by atoms with Crippen molar-refractivity contribution in [3.63, 3.8) is 0 Å². The molecule has 0 unspecified atom stereocenters. The summed E-state index contributed by atoms with van der Waals surface area (Å²) in [5.74, 6) is -0.0904. The first kappa shape index (κ1) is 17.3. The molecule has 1 amide bonds. The second-order valence-corrected chi connectivity index (χ2v) is 4.88. The van der Waals surface area contributed by atoms with Gasteiger partial charge in [0, 0.05) is 45.1 Å². The molecular formula is C16H24N2O3. The Hall–Kier alpha value is -1.72. The molecule has 0 bridgehead atoms. The highest BCUT2D eigenvalue weighted by Crippen LogP contribution is 2.07. The van der Waals surface area contributed by atoms with Gasteiger partial charge in [0.25, 0.3) is 0 Å². The highest BCUT2D eigenvalue weighted by Gasteiger charge is 2.08. The van der Waals surface area contributed by atoms with Gasteiger partial charge in [-0.15, -0.1) is 0 Å². The lowest BCUT2D eigenvalue weighted by Crippen LogP contribution is -2.33. The van der Waals surface area contributed by atoms with E-state index in [2.05, 4.69) is 10.6 Å². The van der Waals surface area contributed by atoms with Crippen molar-refractivity contribution in [3.8, 4) is 0 Å². The molecule has 5 heteroatoms. The summed E-state index contributed by atoms with van der Waals surface area (Å²) in [6, 6.07) is 7.41. The van der Waals surface area contributed by atoms with Crippen molar-refractivity contribution in [2.45, 2.75) is 19.8 Å². The summed E-state index contributed by atoms with van der Waals surface area (Å²) in [7, 11) is 1.65. The quantitative estimate of drug-likeness (QED) is 0.504. The highest BCUT2D eigenvalue weighted by atomic mass is 16.5. The van der Waals surface area contributed by atoms with Gasteiger partial charge in [-0.3, -0.25) is 9.59 Å². The fourth-order valence-electron chi connectivity index (χ4n) is 1.79. The maximum Gasteiger partial charge on any atom is 0.220 e. The Balaban J connectivity index is 2.15. The van der Waals surface area contributed by atoms with Crippen molar-refractivity contribution >= 4 is 11.7 Å². The monoisotopic (exact) mass is 292 g/mol. The topological polar surface area (TPSA) is 67.4 Å². The number of hydrogen-bond donors (Lipinski definition) is 2. The third-order valence-corrected chi connectivity index (χ3v) is 3.06. The van der Waals surface area contributed by atoms with E-state index in [0.29, 0.717) is 25.3 Å². The third kappa shape index (κ3) is 7.58. The Morgan fingerprint density at radius 1 is 1.05 bits per heavy atom. The smallest absolute Gasteiger partial charge is 0.220 e. The lowest BCUT2D eigenvalue weighted by Gasteiger charge is -2.06. The van der Waals surface area contributed by atoms with Gasteiger partial charge in [-0.05, 0) is 6.92 Å². The van der Waals surface area contributed by atoms with E-state index in [9.17, 15) is 9.59 Å². The number of carbonyl (C=O) groups is 2. The number of aryl methyl sites for hydroxylation is 1. The average Bonchev–Trinajstić information content (AvgIpc) is 2.49. The maximum atomic E-state index is 11.9. The number of amides is 1. The van der Waals surface area contributed by atoms with Gasteiger partial charge in [0.05, 0.1) is 6.61 Å². The van der Waals surface area contributed by atoms with Crippen LogP contribution in [0.1, 0.15) is 28.8 Å². The van der Waals surface area contributed by atoms with E-state index in [1.54, 1.807) is 19.2 Å². The minimum atomic E-state index is -0.0935. The molecule has 0 saturated carbocycles. The Morgan fingerprint density at radius 2 is 1.76 bits per heavy atom. The van der Waals surface area contributed by atoms with E-state index < -0.39 is 0 Å². The first-order valence-electron chi connectivity index (χ1n) is 7.19. The van der Waals surface area contributed by atoms with Gasteiger partial charge in [0.15, 0.2) is 5.78 Å². The molecule has 0 saturated heterocycles. The van der Waals surface area contributed by atoms with Crippen molar-refractivity contribution in [3.05, 3.63) is 35.4 Å². The lowest BCUT2D eigenvalue weighted by molar-refractivity contribution is -0.121. The van der Waals surface area contributed by atoms with E-state index in [1.165, 1.54) is 0 Å². The number of carbonyl (C=O) groups excluding carboxylic acids is 2. The molecule has 0 fully saturated rings. The number of rotatable bonds is 10. The van der Waals surface area contributed by atoms with Crippen LogP contribution in [0.25, 0.3) is 0 Å². The summed E-state index contributed by atoms with van der Waals surface area (Å²) in [5, 5.41) is 5.91. The normalized spacial score (nSPS) is 10.4. The second-order valence-electron chi connectivity index (χ2n) is 4.88. The first-order valence-corrected chi connectivity index (χ1v) is 7.19. The number of Topliss-reactive ketones (excluding diaryl/α,β-unsaturated/α-hetero) is 1. The summed E-state index contributed by atoms with van der Waals surface area (Å²) < 4.78 is 4.90. The SMILES string of the molecule is COCCNCCNC(=O)CCC(=O)c1ccc(C)cc1. The van der Waals surface area contributed by atoms with Crippen molar-refractivity contribution in [2.24, 2.45) is 0 Å². The van der Waals surface area contributed by atoms with Crippen LogP contribution >= 0.6 is 0 Å². The molecule has 0 heterocycles. The maximum absolute atomic E-state index is 11.9. The lowest BCUT2D eigenvalue weighted by atomic mass is 10.1. The third-order valence-electron chi connectivity index (χ3n) is 3.06. The van der Waals surface area contributed by atoms with Crippen molar-refractivity contribution < 1.29 is 14.3 Å². The van der Waals surface area contributed by atoms with Crippen molar-refractivity contribution in [2.75, 3.05) is 33.4 Å². The number of methoxy groups -OCH3 is 1. The summed E-state index contributed by atoms with van der Waals surface area (Å²) in [6.45, 7) is 4.64. The Morgan fingerprint density at radius 3 is 2.43 bits per heavy atom. The molecule has 1 rings (SSSR count). The second kappa shape index (κ2) is 10.1. The molecule has 0 aromatic heterocycles. The average molecular weight is 292 g/mol. The molecule has 0 aliphatic rings. The molecule has 0 spiro atoms. The molecule has 21 heavy (non-hydrogen) atoms. The Kier molecular flexibility index (Phi) is 8.31. The largest absolute Gasteiger partial charge is 0.383 e. The van der Waals surface area contributed by atoms with Crippen LogP contribution in [0.15, 0.2) is 24.3 Å². The first-order chi connectivity index (χ1) is 10.1. The number of ketones is 1. The fraction of sp³-hybridized carbons (Fsp3) is 0.500. The summed E-state index contributed by atoms with van der Waals surface area (Å²) in [6.07, 6.45) is 0.469. The molecule has 1 aromatic carbocycles. The van der Waals surface area contributed by atoms with Gasteiger partial charge in [0.2, 0.25) is 5.91 Å².